The summed E-state index contributed by atoms with van der Waals surface area (Å²) in [6, 6.07) is 11.8. The van der Waals surface area contributed by atoms with Crippen molar-refractivity contribution >= 4 is 46.6 Å². The van der Waals surface area contributed by atoms with E-state index in [2.05, 4.69) is 5.32 Å². The Kier molecular flexibility index (Phi) is 6.14. The Hall–Kier alpha value is -2.37. The number of rotatable bonds is 7. The van der Waals surface area contributed by atoms with Crippen molar-refractivity contribution in [2.24, 2.45) is 0 Å². The van der Waals surface area contributed by atoms with Crippen molar-refractivity contribution in [3.05, 3.63) is 63.6 Å². The Morgan fingerprint density at radius 1 is 0.889 bits per heavy atom. The summed E-state index contributed by atoms with van der Waals surface area (Å²) in [6.07, 6.45) is 2.41. The van der Waals surface area contributed by atoms with Gasteiger partial charge in [-0.15, -0.1) is 0 Å². The number of amides is 3. The van der Waals surface area contributed by atoms with Crippen molar-refractivity contribution in [3.63, 3.8) is 0 Å². The molecule has 0 saturated carbocycles. The SMILES string of the molecule is O=C(CCCCCN1C(=O)c2ccccc2C1=O)Nc1ccc(Cl)c(Cl)c1. The summed E-state index contributed by atoms with van der Waals surface area (Å²) in [6.45, 7) is 0.362. The van der Waals surface area contributed by atoms with E-state index in [0.717, 1.165) is 6.42 Å². The lowest BCUT2D eigenvalue weighted by molar-refractivity contribution is -0.116. The fourth-order valence-electron chi connectivity index (χ4n) is 2.97. The van der Waals surface area contributed by atoms with E-state index in [1.165, 1.54) is 4.90 Å². The Morgan fingerprint density at radius 2 is 1.56 bits per heavy atom. The smallest absolute Gasteiger partial charge is 0.261 e. The van der Waals surface area contributed by atoms with E-state index in [9.17, 15) is 14.4 Å². The van der Waals surface area contributed by atoms with Gasteiger partial charge in [-0.2, -0.15) is 0 Å². The third-order valence-corrected chi connectivity index (χ3v) is 5.11. The van der Waals surface area contributed by atoms with Crippen LogP contribution in [0.5, 0.6) is 0 Å². The molecule has 3 rings (SSSR count). The number of hydrogen-bond donors (Lipinski definition) is 1. The van der Waals surface area contributed by atoms with Gasteiger partial charge in [0.05, 0.1) is 21.2 Å². The molecule has 0 aromatic heterocycles. The molecule has 1 N–H and O–H groups in total. The molecule has 0 fully saturated rings. The topological polar surface area (TPSA) is 66.5 Å². The predicted molar refractivity (Wildman–Crippen MR) is 105 cm³/mol. The van der Waals surface area contributed by atoms with Gasteiger partial charge in [-0.1, -0.05) is 41.8 Å². The summed E-state index contributed by atoms with van der Waals surface area (Å²) < 4.78 is 0. The molecule has 5 nitrogen and oxygen atoms in total. The van der Waals surface area contributed by atoms with Crippen LogP contribution in [-0.4, -0.2) is 29.2 Å². The van der Waals surface area contributed by atoms with E-state index in [1.807, 2.05) is 0 Å². The molecular weight excluding hydrogens is 387 g/mol. The van der Waals surface area contributed by atoms with E-state index < -0.39 is 0 Å². The van der Waals surface area contributed by atoms with Gasteiger partial charge in [-0.05, 0) is 43.2 Å². The number of halogens is 2. The molecule has 0 saturated heterocycles. The van der Waals surface area contributed by atoms with E-state index in [4.69, 9.17) is 23.2 Å². The zero-order valence-corrected chi connectivity index (χ0v) is 16.0. The van der Waals surface area contributed by atoms with Gasteiger partial charge in [-0.3, -0.25) is 19.3 Å². The third-order valence-electron chi connectivity index (χ3n) is 4.37. The van der Waals surface area contributed by atoms with Crippen LogP contribution in [0.25, 0.3) is 0 Å². The van der Waals surface area contributed by atoms with Crippen molar-refractivity contribution in [1.29, 1.82) is 0 Å². The van der Waals surface area contributed by atoms with E-state index in [1.54, 1.807) is 42.5 Å². The molecule has 2 aromatic carbocycles. The van der Waals surface area contributed by atoms with Crippen LogP contribution in [0.2, 0.25) is 10.0 Å². The number of carbonyl (C=O) groups excluding carboxylic acids is 3. The molecule has 3 amide bonds. The monoisotopic (exact) mass is 404 g/mol. The first-order valence-electron chi connectivity index (χ1n) is 8.67. The number of fused-ring (bicyclic) bond motifs is 1. The standard InChI is InChI=1S/C20H18Cl2N2O3/c21-16-10-9-13(12-17(16)22)23-18(25)8-2-1-5-11-24-19(26)14-6-3-4-7-15(14)20(24)27/h3-4,6-7,9-10,12H,1-2,5,8,11H2,(H,23,25). The number of imide groups is 1. The molecule has 1 aliphatic heterocycles. The largest absolute Gasteiger partial charge is 0.326 e. The average Bonchev–Trinajstić information content (AvgIpc) is 2.89. The van der Waals surface area contributed by atoms with Crippen LogP contribution < -0.4 is 5.32 Å². The van der Waals surface area contributed by atoms with E-state index in [-0.39, 0.29) is 17.7 Å². The molecule has 0 spiro atoms. The number of hydrogen-bond acceptors (Lipinski definition) is 3. The highest BCUT2D eigenvalue weighted by Crippen LogP contribution is 2.25. The molecule has 0 aliphatic carbocycles. The quantitative estimate of drug-likeness (QED) is 0.532. The van der Waals surface area contributed by atoms with E-state index in [0.29, 0.717) is 52.7 Å². The first-order chi connectivity index (χ1) is 13.0. The lowest BCUT2D eigenvalue weighted by Crippen LogP contribution is -2.30. The van der Waals surface area contributed by atoms with Crippen molar-refractivity contribution in [1.82, 2.24) is 4.90 Å². The maximum atomic E-state index is 12.3. The zero-order chi connectivity index (χ0) is 19.4. The van der Waals surface area contributed by atoms with E-state index >= 15 is 0 Å². The molecule has 2 aromatic rings. The first-order valence-corrected chi connectivity index (χ1v) is 9.43. The molecule has 140 valence electrons. The van der Waals surface area contributed by atoms with Crippen LogP contribution in [0.4, 0.5) is 5.69 Å². The van der Waals surface area contributed by atoms with Gasteiger partial charge in [0.15, 0.2) is 0 Å². The highest BCUT2D eigenvalue weighted by molar-refractivity contribution is 6.42. The molecule has 0 unspecified atom stereocenters. The first kappa shape index (κ1) is 19.4. The number of anilines is 1. The van der Waals surface area contributed by atoms with Crippen LogP contribution in [-0.2, 0) is 4.79 Å². The lowest BCUT2D eigenvalue weighted by Gasteiger charge is -2.13. The Morgan fingerprint density at radius 3 is 2.19 bits per heavy atom. The summed E-state index contributed by atoms with van der Waals surface area (Å²) in [7, 11) is 0. The third kappa shape index (κ3) is 4.49. The second-order valence-corrected chi connectivity index (χ2v) is 7.11. The number of carbonyl (C=O) groups is 3. The van der Waals surface area contributed by atoms with Gasteiger partial charge in [0.25, 0.3) is 11.8 Å². The second-order valence-electron chi connectivity index (χ2n) is 6.30. The van der Waals surface area contributed by atoms with Gasteiger partial charge in [0.2, 0.25) is 5.91 Å². The van der Waals surface area contributed by atoms with Crippen LogP contribution in [0.1, 0.15) is 46.4 Å². The zero-order valence-electron chi connectivity index (χ0n) is 14.5. The summed E-state index contributed by atoms with van der Waals surface area (Å²) in [5, 5.41) is 3.59. The predicted octanol–water partition coefficient (Wildman–Crippen LogP) is 4.79. The number of benzene rings is 2. The maximum Gasteiger partial charge on any atom is 0.261 e. The van der Waals surface area contributed by atoms with Gasteiger partial charge < -0.3 is 5.32 Å². The van der Waals surface area contributed by atoms with Crippen molar-refractivity contribution < 1.29 is 14.4 Å². The maximum absolute atomic E-state index is 12.3. The van der Waals surface area contributed by atoms with Crippen LogP contribution >= 0.6 is 23.2 Å². The highest BCUT2D eigenvalue weighted by Gasteiger charge is 2.34. The van der Waals surface area contributed by atoms with Crippen LogP contribution in [0.15, 0.2) is 42.5 Å². The minimum Gasteiger partial charge on any atom is -0.326 e. The Bertz CT molecular complexity index is 864. The molecule has 0 bridgehead atoms. The van der Waals surface area contributed by atoms with Crippen molar-refractivity contribution in [2.75, 3.05) is 11.9 Å². The second kappa shape index (κ2) is 8.55. The molecule has 27 heavy (non-hydrogen) atoms. The fourth-order valence-corrected chi connectivity index (χ4v) is 3.27. The number of nitrogens with zero attached hydrogens (tertiary/aromatic N) is 1. The highest BCUT2D eigenvalue weighted by atomic mass is 35.5. The Labute approximate surface area is 167 Å². The average molecular weight is 405 g/mol. The lowest BCUT2D eigenvalue weighted by atomic mass is 10.1. The van der Waals surface area contributed by atoms with Gasteiger partial charge in [0.1, 0.15) is 0 Å². The van der Waals surface area contributed by atoms with Crippen LogP contribution in [0.3, 0.4) is 0 Å². The molecule has 1 aliphatic rings. The van der Waals surface area contributed by atoms with Crippen molar-refractivity contribution in [2.45, 2.75) is 25.7 Å². The number of unbranched alkanes of at least 4 members (excludes halogenated alkanes) is 2. The summed E-state index contributed by atoms with van der Waals surface area (Å²) >= 11 is 11.8. The summed E-state index contributed by atoms with van der Waals surface area (Å²) in [4.78, 5) is 37.8. The van der Waals surface area contributed by atoms with Gasteiger partial charge >= 0.3 is 0 Å². The minimum atomic E-state index is -0.243. The van der Waals surface area contributed by atoms with Gasteiger partial charge in [0, 0.05) is 18.7 Å². The minimum absolute atomic E-state index is 0.117. The van der Waals surface area contributed by atoms with Gasteiger partial charge in [-0.25, -0.2) is 0 Å². The number of nitrogens with one attached hydrogen (secondary N) is 1. The summed E-state index contributed by atoms with van der Waals surface area (Å²) in [5.74, 6) is -0.602. The fraction of sp³-hybridized carbons (Fsp3) is 0.250. The van der Waals surface area contributed by atoms with Crippen LogP contribution in [0, 0.1) is 0 Å². The molecule has 0 radical (unpaired) electrons. The molecule has 1 heterocycles. The molecule has 0 atom stereocenters. The molecular formula is C20H18Cl2N2O3. The Balaban J connectivity index is 1.40. The molecule has 7 heteroatoms. The summed E-state index contributed by atoms with van der Waals surface area (Å²) in [5.41, 5.74) is 1.52. The van der Waals surface area contributed by atoms with Crippen molar-refractivity contribution in [3.8, 4) is 0 Å². The normalized spacial score (nSPS) is 13.0.